The number of guanidine groups is 1. The average molecular weight is 341 g/mol. The summed E-state index contributed by atoms with van der Waals surface area (Å²) in [7, 11) is 3.53. The van der Waals surface area contributed by atoms with Crippen LogP contribution in [0.15, 0.2) is 35.3 Å². The first-order valence-corrected chi connectivity index (χ1v) is 8.92. The third-order valence-corrected chi connectivity index (χ3v) is 4.90. The summed E-state index contributed by atoms with van der Waals surface area (Å²) in [5.74, 6) is 1.54. The quantitative estimate of drug-likeness (QED) is 0.589. The lowest BCUT2D eigenvalue weighted by Crippen LogP contribution is -2.45. The van der Waals surface area contributed by atoms with Crippen molar-refractivity contribution in [1.82, 2.24) is 20.5 Å². The minimum atomic E-state index is 0.139. The monoisotopic (exact) mass is 341 g/mol. The van der Waals surface area contributed by atoms with Crippen molar-refractivity contribution < 1.29 is 4.79 Å². The van der Waals surface area contributed by atoms with Crippen molar-refractivity contribution in [3.63, 3.8) is 0 Å². The summed E-state index contributed by atoms with van der Waals surface area (Å²) in [4.78, 5) is 21.7. The molecule has 25 heavy (non-hydrogen) atoms. The zero-order valence-electron chi connectivity index (χ0n) is 15.0. The number of nitrogens with one attached hydrogen (secondary N) is 3. The molecule has 1 aliphatic heterocycles. The van der Waals surface area contributed by atoms with E-state index in [9.17, 15) is 4.79 Å². The Morgan fingerprint density at radius 1 is 1.32 bits per heavy atom. The van der Waals surface area contributed by atoms with Gasteiger partial charge in [-0.25, -0.2) is 0 Å². The third kappa shape index (κ3) is 4.32. The van der Waals surface area contributed by atoms with Gasteiger partial charge in [-0.1, -0.05) is 18.2 Å². The van der Waals surface area contributed by atoms with Crippen LogP contribution in [-0.2, 0) is 11.3 Å². The van der Waals surface area contributed by atoms with E-state index in [2.05, 4.69) is 49.8 Å². The van der Waals surface area contributed by atoms with Gasteiger partial charge in [0.15, 0.2) is 5.96 Å². The summed E-state index contributed by atoms with van der Waals surface area (Å²) in [6, 6.07) is 10.5. The van der Waals surface area contributed by atoms with Crippen LogP contribution < -0.4 is 10.6 Å². The predicted molar refractivity (Wildman–Crippen MR) is 101 cm³/mol. The fraction of sp³-hybridized carbons (Fsp3) is 0.474. The predicted octanol–water partition coefficient (Wildman–Crippen LogP) is 2.09. The van der Waals surface area contributed by atoms with E-state index in [1.54, 1.807) is 7.05 Å². The van der Waals surface area contributed by atoms with Crippen LogP contribution in [0.4, 0.5) is 0 Å². The Kier molecular flexibility index (Phi) is 5.58. The van der Waals surface area contributed by atoms with E-state index < -0.39 is 0 Å². The molecule has 1 aromatic carbocycles. The molecule has 3 rings (SSSR count). The molecule has 1 saturated heterocycles. The molecule has 6 heteroatoms. The van der Waals surface area contributed by atoms with Gasteiger partial charge in [-0.15, -0.1) is 0 Å². The molecule has 0 radical (unpaired) electrons. The number of rotatable bonds is 4. The third-order valence-electron chi connectivity index (χ3n) is 4.90. The molecule has 3 N–H and O–H groups in total. The fourth-order valence-electron chi connectivity index (χ4n) is 3.45. The number of carbonyl (C=O) groups is 1. The molecule has 0 atom stereocenters. The number of nitrogens with zero attached hydrogens (tertiary/aromatic N) is 2. The molecule has 1 fully saturated rings. The van der Waals surface area contributed by atoms with Crippen molar-refractivity contribution in [3.8, 4) is 0 Å². The topological polar surface area (TPSA) is 72.5 Å². The number of likely N-dealkylation sites (tertiary alicyclic amines) is 1. The Bertz CT molecular complexity index is 710. The zero-order chi connectivity index (χ0) is 17.6. The summed E-state index contributed by atoms with van der Waals surface area (Å²) in [6.45, 7) is 2.60. The number of aromatic amines is 1. The van der Waals surface area contributed by atoms with Crippen LogP contribution in [0.3, 0.4) is 0 Å². The number of carbonyl (C=O) groups excluding carboxylic acids is 1. The highest BCUT2D eigenvalue weighted by Crippen LogP contribution is 2.20. The van der Waals surface area contributed by atoms with E-state index >= 15 is 0 Å². The van der Waals surface area contributed by atoms with Gasteiger partial charge >= 0.3 is 0 Å². The lowest BCUT2D eigenvalue weighted by atomic mass is 9.93. The SMILES string of the molecule is CN=C(NCc1cc2ccccc2[nH]1)N1CCC(CC(=O)NC)CC1. The van der Waals surface area contributed by atoms with Gasteiger partial charge in [0.25, 0.3) is 0 Å². The maximum atomic E-state index is 11.5. The Balaban J connectivity index is 1.52. The van der Waals surface area contributed by atoms with E-state index in [1.807, 2.05) is 13.1 Å². The lowest BCUT2D eigenvalue weighted by molar-refractivity contribution is -0.121. The molecule has 0 saturated carbocycles. The summed E-state index contributed by atoms with van der Waals surface area (Å²) in [5, 5.41) is 7.39. The molecule has 1 amide bonds. The van der Waals surface area contributed by atoms with Crippen LogP contribution in [0.25, 0.3) is 10.9 Å². The van der Waals surface area contributed by atoms with E-state index in [0.717, 1.165) is 49.6 Å². The molecule has 134 valence electrons. The maximum Gasteiger partial charge on any atom is 0.220 e. The number of fused-ring (bicyclic) bond motifs is 1. The van der Waals surface area contributed by atoms with Crippen LogP contribution in [0.5, 0.6) is 0 Å². The molecule has 1 aliphatic rings. The first kappa shape index (κ1) is 17.3. The maximum absolute atomic E-state index is 11.5. The van der Waals surface area contributed by atoms with E-state index in [1.165, 1.54) is 5.39 Å². The lowest BCUT2D eigenvalue weighted by Gasteiger charge is -2.34. The first-order valence-electron chi connectivity index (χ1n) is 8.92. The normalized spacial score (nSPS) is 16.2. The summed E-state index contributed by atoms with van der Waals surface area (Å²) in [6.07, 6.45) is 2.69. The Labute approximate surface area is 148 Å². The molecule has 0 aliphatic carbocycles. The molecule has 6 nitrogen and oxygen atoms in total. The van der Waals surface area contributed by atoms with Crippen LogP contribution >= 0.6 is 0 Å². The number of hydrogen-bond donors (Lipinski definition) is 3. The van der Waals surface area contributed by atoms with Gasteiger partial charge < -0.3 is 20.5 Å². The van der Waals surface area contributed by atoms with Gasteiger partial charge in [-0.05, 0) is 36.3 Å². The summed E-state index contributed by atoms with van der Waals surface area (Å²) < 4.78 is 0. The van der Waals surface area contributed by atoms with Crippen molar-refractivity contribution in [1.29, 1.82) is 0 Å². The van der Waals surface area contributed by atoms with Gasteiger partial charge in [0.1, 0.15) is 0 Å². The second kappa shape index (κ2) is 8.05. The number of aromatic nitrogens is 1. The average Bonchev–Trinajstić information content (AvgIpc) is 3.06. The van der Waals surface area contributed by atoms with Gasteiger partial charge in [-0.2, -0.15) is 0 Å². The van der Waals surface area contributed by atoms with Crippen LogP contribution in [0.2, 0.25) is 0 Å². The van der Waals surface area contributed by atoms with E-state index in [0.29, 0.717) is 12.3 Å². The standard InChI is InChI=1S/C19H27N5O/c1-20-18(25)11-14-7-9-24(10-8-14)19(21-2)22-13-16-12-15-5-3-4-6-17(15)23-16/h3-6,12,14,23H,7-11,13H2,1-2H3,(H,20,25)(H,21,22). The van der Waals surface area contributed by atoms with Crippen molar-refractivity contribution in [3.05, 3.63) is 36.0 Å². The molecule has 0 bridgehead atoms. The second-order valence-electron chi connectivity index (χ2n) is 6.59. The number of H-pyrrole nitrogens is 1. The van der Waals surface area contributed by atoms with Gasteiger partial charge in [0, 0.05) is 44.8 Å². The Morgan fingerprint density at radius 3 is 2.76 bits per heavy atom. The molecule has 0 unspecified atom stereocenters. The van der Waals surface area contributed by atoms with Crippen LogP contribution in [0, 0.1) is 5.92 Å². The molecule has 1 aromatic heterocycles. The highest BCUT2D eigenvalue weighted by molar-refractivity contribution is 5.82. The molecule has 0 spiro atoms. The molecular formula is C19H27N5O. The minimum absolute atomic E-state index is 0.139. The smallest absolute Gasteiger partial charge is 0.220 e. The highest BCUT2D eigenvalue weighted by atomic mass is 16.1. The number of benzene rings is 1. The largest absolute Gasteiger partial charge is 0.359 e. The van der Waals surface area contributed by atoms with Crippen molar-refractivity contribution in [2.75, 3.05) is 27.2 Å². The van der Waals surface area contributed by atoms with Crippen LogP contribution in [-0.4, -0.2) is 48.9 Å². The van der Waals surface area contributed by atoms with Gasteiger partial charge in [0.05, 0.1) is 6.54 Å². The molecular weight excluding hydrogens is 314 g/mol. The minimum Gasteiger partial charge on any atom is -0.359 e. The number of piperidine rings is 1. The van der Waals surface area contributed by atoms with Crippen molar-refractivity contribution in [2.24, 2.45) is 10.9 Å². The van der Waals surface area contributed by atoms with Gasteiger partial charge in [-0.3, -0.25) is 9.79 Å². The van der Waals surface area contributed by atoms with Crippen molar-refractivity contribution in [2.45, 2.75) is 25.8 Å². The number of hydrogen-bond acceptors (Lipinski definition) is 2. The van der Waals surface area contributed by atoms with Gasteiger partial charge in [0.2, 0.25) is 5.91 Å². The summed E-state index contributed by atoms with van der Waals surface area (Å²) in [5.41, 5.74) is 2.31. The van der Waals surface area contributed by atoms with Crippen LogP contribution in [0.1, 0.15) is 25.0 Å². The summed E-state index contributed by atoms with van der Waals surface area (Å²) >= 11 is 0. The van der Waals surface area contributed by atoms with E-state index in [4.69, 9.17) is 0 Å². The zero-order valence-corrected chi connectivity index (χ0v) is 15.0. The van der Waals surface area contributed by atoms with Crippen molar-refractivity contribution >= 4 is 22.8 Å². The Morgan fingerprint density at radius 2 is 2.08 bits per heavy atom. The number of aliphatic imine (C=N–C) groups is 1. The van der Waals surface area contributed by atoms with E-state index in [-0.39, 0.29) is 5.91 Å². The number of amides is 1. The highest BCUT2D eigenvalue weighted by Gasteiger charge is 2.23. The second-order valence-corrected chi connectivity index (χ2v) is 6.59. The molecule has 2 aromatic rings. The number of para-hydroxylation sites is 1. The first-order chi connectivity index (χ1) is 12.2. The molecule has 2 heterocycles. The Hall–Kier alpha value is -2.50. The fourth-order valence-corrected chi connectivity index (χ4v) is 3.45.